The largest absolute Gasteiger partial charge is 0.506 e. The van der Waals surface area contributed by atoms with Crippen LogP contribution in [0.3, 0.4) is 0 Å². The normalized spacial score (nSPS) is 32.2. The van der Waals surface area contributed by atoms with Crippen molar-refractivity contribution < 1.29 is 9.90 Å². The second kappa shape index (κ2) is 7.18. The number of imidazole rings is 1. The molecule has 5 heteroatoms. The number of rotatable bonds is 5. The van der Waals surface area contributed by atoms with Crippen LogP contribution in [0.4, 0.5) is 0 Å². The number of nitrogens with zero attached hydrogens (tertiary/aromatic N) is 1. The Kier molecular flexibility index (Phi) is 4.66. The Morgan fingerprint density at radius 3 is 2.68 bits per heavy atom. The molecule has 0 aliphatic heterocycles. The molecule has 1 aromatic carbocycles. The molecule has 3 fully saturated rings. The van der Waals surface area contributed by atoms with Gasteiger partial charge >= 0.3 is 0 Å². The maximum atomic E-state index is 13.0. The van der Waals surface area contributed by atoms with Gasteiger partial charge in [-0.25, -0.2) is 4.98 Å². The van der Waals surface area contributed by atoms with Gasteiger partial charge < -0.3 is 15.8 Å². The molecular weight excluding hydrogens is 350 g/mol. The number of hydrogen-bond donors (Lipinski definition) is 3. The lowest BCUT2D eigenvalue weighted by molar-refractivity contribution is 0.0971. The van der Waals surface area contributed by atoms with Gasteiger partial charge in [-0.1, -0.05) is 6.42 Å². The maximum absolute atomic E-state index is 13.0. The molecule has 5 rings (SSSR count). The van der Waals surface area contributed by atoms with Crippen molar-refractivity contribution in [2.75, 3.05) is 0 Å². The first-order valence-electron chi connectivity index (χ1n) is 11.1. The van der Waals surface area contributed by atoms with Gasteiger partial charge in [0.25, 0.3) is 0 Å². The van der Waals surface area contributed by atoms with Gasteiger partial charge in [0.1, 0.15) is 22.6 Å². The number of nitrogens with one attached hydrogen (secondary N) is 1. The maximum Gasteiger partial charge on any atom is 0.165 e. The fraction of sp³-hybridized carbons (Fsp3) is 0.652. The van der Waals surface area contributed by atoms with Crippen LogP contribution in [0, 0.1) is 17.8 Å². The van der Waals surface area contributed by atoms with Gasteiger partial charge in [0.2, 0.25) is 0 Å². The number of carbonyl (C=O) groups is 1. The molecule has 3 atom stereocenters. The van der Waals surface area contributed by atoms with E-state index >= 15 is 0 Å². The van der Waals surface area contributed by atoms with Gasteiger partial charge in [-0.05, 0) is 81.3 Å². The highest BCUT2D eigenvalue weighted by atomic mass is 16.3. The van der Waals surface area contributed by atoms with Crippen LogP contribution in [-0.2, 0) is 0 Å². The molecule has 3 saturated carbocycles. The first kappa shape index (κ1) is 18.2. The SMILES string of the molecule is NC1CCC(CCC(=O)c2ccc(O)c3[nH]c(C4CC5CCC4C5)nc23)CC1. The zero-order valence-electron chi connectivity index (χ0n) is 16.5. The summed E-state index contributed by atoms with van der Waals surface area (Å²) in [6.45, 7) is 0. The van der Waals surface area contributed by atoms with Crippen LogP contribution < -0.4 is 5.73 Å². The van der Waals surface area contributed by atoms with Gasteiger partial charge in [-0.2, -0.15) is 0 Å². The summed E-state index contributed by atoms with van der Waals surface area (Å²) in [4.78, 5) is 21.2. The van der Waals surface area contributed by atoms with E-state index in [-0.39, 0.29) is 11.5 Å². The number of Topliss-reactive ketones (excluding diaryl/α,β-unsaturated/α-hetero) is 1. The molecule has 1 heterocycles. The molecule has 1 aromatic heterocycles. The summed E-state index contributed by atoms with van der Waals surface area (Å²) in [7, 11) is 0. The highest BCUT2D eigenvalue weighted by Crippen LogP contribution is 2.52. The number of nitrogens with two attached hydrogens (primary N) is 1. The van der Waals surface area contributed by atoms with Crippen molar-refractivity contribution in [2.24, 2.45) is 23.5 Å². The first-order valence-corrected chi connectivity index (χ1v) is 11.1. The second-order valence-electron chi connectivity index (χ2n) is 9.50. The summed E-state index contributed by atoms with van der Waals surface area (Å²) in [6.07, 6.45) is 11.0. The minimum atomic E-state index is 0.144. The number of aromatic hydroxyl groups is 1. The molecule has 2 bridgehead atoms. The van der Waals surface area contributed by atoms with Crippen molar-refractivity contribution in [1.82, 2.24) is 9.97 Å². The number of fused-ring (bicyclic) bond motifs is 3. The summed E-state index contributed by atoms with van der Waals surface area (Å²) in [5, 5.41) is 10.3. The fourth-order valence-corrected chi connectivity index (χ4v) is 6.02. The molecule has 150 valence electrons. The lowest BCUT2D eigenvalue weighted by atomic mass is 9.83. The van der Waals surface area contributed by atoms with Crippen LogP contribution in [0.1, 0.15) is 86.3 Å². The zero-order valence-corrected chi connectivity index (χ0v) is 16.5. The third-order valence-electron chi connectivity index (χ3n) is 7.70. The Bertz CT molecular complexity index is 881. The van der Waals surface area contributed by atoms with Crippen LogP contribution in [0.25, 0.3) is 11.0 Å². The molecule has 3 aliphatic carbocycles. The van der Waals surface area contributed by atoms with E-state index in [0.717, 1.165) is 43.8 Å². The molecule has 0 saturated heterocycles. The van der Waals surface area contributed by atoms with Crippen molar-refractivity contribution in [3.05, 3.63) is 23.5 Å². The zero-order chi connectivity index (χ0) is 19.3. The highest BCUT2D eigenvalue weighted by molar-refractivity contribution is 6.07. The molecule has 28 heavy (non-hydrogen) atoms. The molecule has 3 unspecified atom stereocenters. The van der Waals surface area contributed by atoms with E-state index in [1.807, 2.05) is 0 Å². The number of ketones is 1. The Hall–Kier alpha value is -1.88. The summed E-state index contributed by atoms with van der Waals surface area (Å²) in [5.41, 5.74) is 7.95. The number of carbonyl (C=O) groups excluding carboxylic acids is 1. The van der Waals surface area contributed by atoms with Crippen molar-refractivity contribution >= 4 is 16.8 Å². The number of phenols is 1. The quantitative estimate of drug-likeness (QED) is 0.657. The van der Waals surface area contributed by atoms with Crippen LogP contribution in [0.15, 0.2) is 12.1 Å². The number of phenolic OH excluding ortho intramolecular Hbond substituents is 1. The van der Waals surface area contributed by atoms with Crippen molar-refractivity contribution in [2.45, 2.75) is 76.2 Å². The smallest absolute Gasteiger partial charge is 0.165 e. The number of aromatic amines is 1. The number of benzene rings is 1. The molecule has 3 aliphatic rings. The standard InChI is InChI=1S/C23H31N3O2/c24-16-6-2-13(3-7-16)4-9-19(27)17-8-10-20(28)22-21(17)25-23(26-22)18-12-14-1-5-15(18)11-14/h8,10,13-16,18,28H,1-7,9,11-12,24H2,(H,25,26). The minimum Gasteiger partial charge on any atom is -0.506 e. The summed E-state index contributed by atoms with van der Waals surface area (Å²) in [5.74, 6) is 3.92. The predicted octanol–water partition coefficient (Wildman–Crippen LogP) is 4.65. The van der Waals surface area contributed by atoms with E-state index in [2.05, 4.69) is 4.98 Å². The predicted molar refractivity (Wildman–Crippen MR) is 109 cm³/mol. The van der Waals surface area contributed by atoms with Crippen molar-refractivity contribution in [1.29, 1.82) is 0 Å². The van der Waals surface area contributed by atoms with Gasteiger partial charge in [-0.15, -0.1) is 0 Å². The molecular formula is C23H31N3O2. The summed E-state index contributed by atoms with van der Waals surface area (Å²) < 4.78 is 0. The third-order valence-corrected chi connectivity index (χ3v) is 7.70. The Morgan fingerprint density at radius 1 is 1.14 bits per heavy atom. The van der Waals surface area contributed by atoms with Gasteiger partial charge in [-0.3, -0.25) is 4.79 Å². The number of hydrogen-bond acceptors (Lipinski definition) is 4. The van der Waals surface area contributed by atoms with Crippen molar-refractivity contribution in [3.8, 4) is 5.75 Å². The fourth-order valence-electron chi connectivity index (χ4n) is 6.02. The monoisotopic (exact) mass is 381 g/mol. The van der Waals surface area contributed by atoms with Gasteiger partial charge in [0.05, 0.1) is 0 Å². The van der Waals surface area contributed by atoms with E-state index in [0.29, 0.717) is 46.8 Å². The van der Waals surface area contributed by atoms with E-state index in [1.165, 1.54) is 25.7 Å². The highest BCUT2D eigenvalue weighted by Gasteiger charge is 2.41. The third kappa shape index (κ3) is 3.24. The average molecular weight is 382 g/mol. The van der Waals surface area contributed by atoms with E-state index in [1.54, 1.807) is 12.1 Å². The Labute approximate surface area is 166 Å². The van der Waals surface area contributed by atoms with Crippen LogP contribution in [-0.4, -0.2) is 26.9 Å². The molecule has 2 aromatic rings. The number of H-pyrrole nitrogens is 1. The lowest BCUT2D eigenvalue weighted by Gasteiger charge is -2.25. The molecule has 4 N–H and O–H groups in total. The Morgan fingerprint density at radius 2 is 1.96 bits per heavy atom. The molecule has 5 nitrogen and oxygen atoms in total. The van der Waals surface area contributed by atoms with Crippen LogP contribution >= 0.6 is 0 Å². The van der Waals surface area contributed by atoms with Gasteiger partial charge in [0, 0.05) is 23.9 Å². The molecule has 0 spiro atoms. The molecule has 0 radical (unpaired) electrons. The molecule has 0 amide bonds. The van der Waals surface area contributed by atoms with E-state index < -0.39 is 0 Å². The summed E-state index contributed by atoms with van der Waals surface area (Å²) in [6, 6.07) is 3.73. The second-order valence-corrected chi connectivity index (χ2v) is 9.50. The first-order chi connectivity index (χ1) is 13.6. The lowest BCUT2D eigenvalue weighted by Crippen LogP contribution is -2.26. The van der Waals surface area contributed by atoms with Crippen molar-refractivity contribution in [3.63, 3.8) is 0 Å². The topological polar surface area (TPSA) is 92.0 Å². The van der Waals surface area contributed by atoms with Crippen LogP contribution in [0.5, 0.6) is 5.75 Å². The minimum absolute atomic E-state index is 0.144. The van der Waals surface area contributed by atoms with E-state index in [9.17, 15) is 9.90 Å². The van der Waals surface area contributed by atoms with E-state index in [4.69, 9.17) is 10.7 Å². The Balaban J connectivity index is 1.35. The summed E-state index contributed by atoms with van der Waals surface area (Å²) >= 11 is 0. The number of aromatic nitrogens is 2. The van der Waals surface area contributed by atoms with Crippen LogP contribution in [0.2, 0.25) is 0 Å². The average Bonchev–Trinajstić information content (AvgIpc) is 3.43. The van der Waals surface area contributed by atoms with Gasteiger partial charge in [0.15, 0.2) is 5.78 Å².